The van der Waals surface area contributed by atoms with Gasteiger partial charge in [-0.05, 0) is 29.8 Å². The molecule has 0 amide bonds. The predicted molar refractivity (Wildman–Crippen MR) is 83.9 cm³/mol. The second kappa shape index (κ2) is 6.58. The summed E-state index contributed by atoms with van der Waals surface area (Å²) < 4.78 is 68.7. The van der Waals surface area contributed by atoms with Crippen molar-refractivity contribution in [1.82, 2.24) is 9.97 Å². The predicted octanol–water partition coefficient (Wildman–Crippen LogP) is 4.57. The molecule has 0 aliphatic carbocycles. The fourth-order valence-corrected chi connectivity index (χ4v) is 2.36. The molecule has 1 aromatic heterocycles. The Kier molecular flexibility index (Phi) is 4.45. The van der Waals surface area contributed by atoms with E-state index in [2.05, 4.69) is 14.7 Å². The van der Waals surface area contributed by atoms with Gasteiger partial charge < -0.3 is 10.5 Å². The summed E-state index contributed by atoms with van der Waals surface area (Å²) in [4.78, 5) is 7.76. The number of nitrogen functional groups attached to an aromatic ring is 1. The molecule has 0 unspecified atom stereocenters. The number of rotatable bonds is 3. The first-order valence-corrected chi connectivity index (χ1v) is 7.16. The van der Waals surface area contributed by atoms with Crippen molar-refractivity contribution in [2.75, 3.05) is 5.73 Å². The molecule has 2 N–H and O–H groups in total. The summed E-state index contributed by atoms with van der Waals surface area (Å²) in [6.45, 7) is 0. The van der Waals surface area contributed by atoms with Crippen molar-refractivity contribution in [2.45, 2.75) is 6.36 Å². The van der Waals surface area contributed by atoms with Crippen LogP contribution in [0.3, 0.4) is 0 Å². The molecule has 0 atom stereocenters. The highest BCUT2D eigenvalue weighted by Crippen LogP contribution is 2.32. The summed E-state index contributed by atoms with van der Waals surface area (Å²) in [7, 11) is 0. The van der Waals surface area contributed by atoms with Gasteiger partial charge in [0.05, 0.1) is 0 Å². The lowest BCUT2D eigenvalue weighted by Crippen LogP contribution is -2.17. The molecule has 0 aliphatic heterocycles. The lowest BCUT2D eigenvalue weighted by molar-refractivity contribution is -0.274. The van der Waals surface area contributed by atoms with Crippen LogP contribution in [-0.2, 0) is 0 Å². The van der Waals surface area contributed by atoms with Crippen molar-refractivity contribution in [1.29, 1.82) is 0 Å². The van der Waals surface area contributed by atoms with Gasteiger partial charge in [-0.3, -0.25) is 4.98 Å². The molecule has 0 aliphatic rings. The maximum absolute atomic E-state index is 14.4. The number of halogens is 5. The largest absolute Gasteiger partial charge is 0.573 e. The molecule has 9 heteroatoms. The third-order valence-corrected chi connectivity index (χ3v) is 3.44. The first kappa shape index (κ1) is 17.6. The van der Waals surface area contributed by atoms with E-state index in [1.54, 1.807) is 0 Å². The van der Waals surface area contributed by atoms with E-state index in [9.17, 15) is 22.0 Å². The van der Waals surface area contributed by atoms with E-state index in [0.717, 1.165) is 18.2 Å². The molecule has 1 heterocycles. The minimum absolute atomic E-state index is 0.0268. The zero-order valence-corrected chi connectivity index (χ0v) is 12.9. The Bertz CT molecular complexity index is 959. The van der Waals surface area contributed by atoms with E-state index >= 15 is 0 Å². The van der Waals surface area contributed by atoms with E-state index < -0.39 is 23.7 Å². The highest BCUT2D eigenvalue weighted by molar-refractivity contribution is 5.74. The summed E-state index contributed by atoms with van der Waals surface area (Å²) in [5.41, 5.74) is 5.90. The van der Waals surface area contributed by atoms with Gasteiger partial charge in [0.2, 0.25) is 0 Å². The molecule has 4 nitrogen and oxygen atoms in total. The Morgan fingerprint density at radius 2 is 1.50 bits per heavy atom. The van der Waals surface area contributed by atoms with E-state index in [1.165, 1.54) is 24.5 Å². The van der Waals surface area contributed by atoms with E-state index in [1.807, 2.05) is 0 Å². The van der Waals surface area contributed by atoms with Gasteiger partial charge in [-0.2, -0.15) is 0 Å². The molecular formula is C17H10F5N3O. The van der Waals surface area contributed by atoms with Gasteiger partial charge in [0, 0.05) is 29.6 Å². The van der Waals surface area contributed by atoms with Crippen molar-refractivity contribution in [3.8, 4) is 28.1 Å². The van der Waals surface area contributed by atoms with Crippen LogP contribution >= 0.6 is 0 Å². The standard InChI is InChI=1S/C17H10F5N3O/c18-13-7-9(1-3-12(13)15-16(23)25-6-5-24-15)11-4-2-10(8-14(11)19)26-17(20,21)22/h1-8H,(H2,23,25). The topological polar surface area (TPSA) is 61.0 Å². The Hall–Kier alpha value is -3.23. The quantitative estimate of drug-likeness (QED) is 0.689. The number of hydrogen-bond donors (Lipinski definition) is 1. The summed E-state index contributed by atoms with van der Waals surface area (Å²) in [5, 5.41) is 0. The molecule has 3 rings (SSSR count). The number of anilines is 1. The Morgan fingerprint density at radius 3 is 2.12 bits per heavy atom. The maximum Gasteiger partial charge on any atom is 0.573 e. The van der Waals surface area contributed by atoms with E-state index in [4.69, 9.17) is 5.73 Å². The van der Waals surface area contributed by atoms with Gasteiger partial charge in [0.15, 0.2) is 0 Å². The minimum Gasteiger partial charge on any atom is -0.406 e. The van der Waals surface area contributed by atoms with E-state index in [0.29, 0.717) is 6.07 Å². The highest BCUT2D eigenvalue weighted by Gasteiger charge is 2.31. The number of benzene rings is 2. The third kappa shape index (κ3) is 3.71. The summed E-state index contributed by atoms with van der Waals surface area (Å²) >= 11 is 0. The number of alkyl halides is 3. The number of nitrogens with zero attached hydrogens (tertiary/aromatic N) is 2. The minimum atomic E-state index is -4.93. The monoisotopic (exact) mass is 367 g/mol. The van der Waals surface area contributed by atoms with Gasteiger partial charge in [0.1, 0.15) is 28.9 Å². The number of aromatic nitrogens is 2. The van der Waals surface area contributed by atoms with Crippen LogP contribution in [0.15, 0.2) is 48.8 Å². The molecule has 2 aromatic carbocycles. The molecule has 3 aromatic rings. The van der Waals surface area contributed by atoms with Crippen LogP contribution in [0, 0.1) is 11.6 Å². The first-order chi connectivity index (χ1) is 12.2. The number of ether oxygens (including phenoxy) is 1. The van der Waals surface area contributed by atoms with Crippen molar-refractivity contribution < 1.29 is 26.7 Å². The third-order valence-electron chi connectivity index (χ3n) is 3.44. The second-order valence-electron chi connectivity index (χ2n) is 5.17. The van der Waals surface area contributed by atoms with Crippen molar-refractivity contribution in [2.24, 2.45) is 0 Å². The summed E-state index contributed by atoms with van der Waals surface area (Å²) in [6.07, 6.45) is -2.23. The van der Waals surface area contributed by atoms with Gasteiger partial charge in [-0.25, -0.2) is 13.8 Å². The zero-order chi connectivity index (χ0) is 18.9. The smallest absolute Gasteiger partial charge is 0.406 e. The van der Waals surface area contributed by atoms with Crippen LogP contribution in [0.25, 0.3) is 22.4 Å². The fourth-order valence-electron chi connectivity index (χ4n) is 2.36. The Morgan fingerprint density at radius 1 is 0.846 bits per heavy atom. The molecule has 0 radical (unpaired) electrons. The average Bonchev–Trinajstić information content (AvgIpc) is 2.54. The number of nitrogens with two attached hydrogens (primary N) is 1. The zero-order valence-electron chi connectivity index (χ0n) is 12.9. The maximum atomic E-state index is 14.4. The lowest BCUT2D eigenvalue weighted by atomic mass is 10.0. The lowest BCUT2D eigenvalue weighted by Gasteiger charge is -2.11. The molecule has 0 saturated heterocycles. The van der Waals surface area contributed by atoms with Crippen LogP contribution in [0.5, 0.6) is 5.75 Å². The van der Waals surface area contributed by atoms with Crippen LogP contribution in [-0.4, -0.2) is 16.3 Å². The van der Waals surface area contributed by atoms with Crippen molar-refractivity contribution >= 4 is 5.82 Å². The molecular weight excluding hydrogens is 357 g/mol. The molecule has 134 valence electrons. The molecule has 0 bridgehead atoms. The van der Waals surface area contributed by atoms with Crippen LogP contribution in [0.1, 0.15) is 0 Å². The van der Waals surface area contributed by atoms with Crippen molar-refractivity contribution in [3.05, 3.63) is 60.4 Å². The van der Waals surface area contributed by atoms with Crippen LogP contribution in [0.2, 0.25) is 0 Å². The molecule has 0 fully saturated rings. The van der Waals surface area contributed by atoms with Crippen molar-refractivity contribution in [3.63, 3.8) is 0 Å². The first-order valence-electron chi connectivity index (χ1n) is 7.16. The van der Waals surface area contributed by atoms with Gasteiger partial charge in [-0.1, -0.05) is 6.07 Å². The second-order valence-corrected chi connectivity index (χ2v) is 5.17. The Labute approximate surface area is 144 Å². The fraction of sp³-hybridized carbons (Fsp3) is 0.0588. The highest BCUT2D eigenvalue weighted by atomic mass is 19.4. The van der Waals surface area contributed by atoms with E-state index in [-0.39, 0.29) is 28.2 Å². The average molecular weight is 367 g/mol. The van der Waals surface area contributed by atoms with Gasteiger partial charge >= 0.3 is 6.36 Å². The number of hydrogen-bond acceptors (Lipinski definition) is 4. The molecule has 0 spiro atoms. The summed E-state index contributed by atoms with van der Waals surface area (Å²) in [6, 6.07) is 6.36. The Balaban J connectivity index is 1.96. The van der Waals surface area contributed by atoms with Crippen LogP contribution < -0.4 is 10.5 Å². The summed E-state index contributed by atoms with van der Waals surface area (Å²) in [5.74, 6) is -2.40. The normalized spacial score (nSPS) is 11.4. The SMILES string of the molecule is Nc1nccnc1-c1ccc(-c2ccc(OC(F)(F)F)cc2F)cc1F. The van der Waals surface area contributed by atoms with Gasteiger partial charge in [0.25, 0.3) is 0 Å². The van der Waals surface area contributed by atoms with Crippen LogP contribution in [0.4, 0.5) is 27.8 Å². The molecule has 26 heavy (non-hydrogen) atoms. The van der Waals surface area contributed by atoms with Gasteiger partial charge in [-0.15, -0.1) is 13.2 Å². The molecule has 0 saturated carbocycles.